The van der Waals surface area contributed by atoms with Crippen molar-refractivity contribution >= 4 is 0 Å². The van der Waals surface area contributed by atoms with Gasteiger partial charge >= 0.3 is 0 Å². The molecule has 0 N–H and O–H groups in total. The van der Waals surface area contributed by atoms with E-state index in [4.69, 9.17) is 0 Å². The third kappa shape index (κ3) is 2.53. The number of piperidine rings is 1. The lowest BCUT2D eigenvalue weighted by molar-refractivity contribution is 0.255. The molecular weight excluding hydrogens is 146 g/mol. The molecule has 0 radical (unpaired) electrons. The van der Waals surface area contributed by atoms with Crippen molar-refractivity contribution in [3.8, 4) is 11.8 Å². The Kier molecular flexibility index (Phi) is 2.68. The number of nitrogens with zero attached hydrogens (tertiary/aromatic N) is 1. The fraction of sp³-hybridized carbons (Fsp3) is 0.818. The van der Waals surface area contributed by atoms with Gasteiger partial charge in [0.2, 0.25) is 0 Å². The number of likely N-dealkylation sites (tertiary alicyclic amines) is 1. The van der Waals surface area contributed by atoms with E-state index in [-0.39, 0.29) is 0 Å². The summed E-state index contributed by atoms with van der Waals surface area (Å²) >= 11 is 0. The van der Waals surface area contributed by atoms with E-state index in [0.717, 1.165) is 12.5 Å². The Balaban J connectivity index is 1.67. The highest BCUT2D eigenvalue weighted by Gasteiger charge is 2.17. The van der Waals surface area contributed by atoms with E-state index in [1.165, 1.54) is 45.2 Å². The van der Waals surface area contributed by atoms with Crippen molar-refractivity contribution in [2.45, 2.75) is 32.1 Å². The summed E-state index contributed by atoms with van der Waals surface area (Å²) in [6, 6.07) is 0. The van der Waals surface area contributed by atoms with Crippen molar-refractivity contribution in [3.05, 3.63) is 0 Å². The molecule has 1 saturated carbocycles. The van der Waals surface area contributed by atoms with Crippen LogP contribution in [0.2, 0.25) is 0 Å². The molecule has 12 heavy (non-hydrogen) atoms. The van der Waals surface area contributed by atoms with Crippen LogP contribution in [-0.4, -0.2) is 24.5 Å². The Hall–Kier alpha value is -0.480. The first-order chi connectivity index (χ1) is 5.95. The second-order valence-corrected chi connectivity index (χ2v) is 3.93. The molecule has 1 saturated heterocycles. The van der Waals surface area contributed by atoms with Crippen LogP contribution in [0.3, 0.4) is 0 Å². The van der Waals surface area contributed by atoms with Gasteiger partial charge in [-0.1, -0.05) is 18.3 Å². The van der Waals surface area contributed by atoms with Crippen LogP contribution < -0.4 is 0 Å². The van der Waals surface area contributed by atoms with Gasteiger partial charge in [0, 0.05) is 5.92 Å². The van der Waals surface area contributed by atoms with Gasteiger partial charge in [0.1, 0.15) is 0 Å². The molecule has 2 aliphatic rings. The Labute approximate surface area is 75.1 Å². The normalized spacial score (nSPS) is 24.7. The zero-order chi connectivity index (χ0) is 8.23. The van der Waals surface area contributed by atoms with Crippen molar-refractivity contribution < 1.29 is 0 Å². The van der Waals surface area contributed by atoms with E-state index in [1.807, 2.05) is 0 Å². The molecule has 1 nitrogen and oxygen atoms in total. The Morgan fingerprint density at radius 1 is 1.08 bits per heavy atom. The maximum atomic E-state index is 3.31. The highest BCUT2D eigenvalue weighted by molar-refractivity contribution is 5.10. The predicted molar refractivity (Wildman–Crippen MR) is 50.8 cm³/mol. The summed E-state index contributed by atoms with van der Waals surface area (Å²) in [6.45, 7) is 3.58. The van der Waals surface area contributed by atoms with Gasteiger partial charge in [-0.25, -0.2) is 0 Å². The average molecular weight is 163 g/mol. The van der Waals surface area contributed by atoms with Crippen molar-refractivity contribution in [2.24, 2.45) is 5.92 Å². The molecule has 0 bridgehead atoms. The molecule has 1 heteroatoms. The van der Waals surface area contributed by atoms with Gasteiger partial charge in [0.05, 0.1) is 6.54 Å². The Morgan fingerprint density at radius 3 is 2.50 bits per heavy atom. The molecule has 0 amide bonds. The zero-order valence-corrected chi connectivity index (χ0v) is 7.68. The smallest absolute Gasteiger partial charge is 0.0601 e. The van der Waals surface area contributed by atoms with Crippen LogP contribution in [0, 0.1) is 17.8 Å². The second kappa shape index (κ2) is 3.96. The molecule has 0 spiro atoms. The summed E-state index contributed by atoms with van der Waals surface area (Å²) in [5.41, 5.74) is 0. The van der Waals surface area contributed by atoms with Crippen LogP contribution in [0.5, 0.6) is 0 Å². The monoisotopic (exact) mass is 163 g/mol. The highest BCUT2D eigenvalue weighted by atomic mass is 15.1. The van der Waals surface area contributed by atoms with Crippen molar-refractivity contribution in [3.63, 3.8) is 0 Å². The SMILES string of the molecule is C(#CC1CC1)CN1CCCCC1. The van der Waals surface area contributed by atoms with Gasteiger partial charge in [0.15, 0.2) is 0 Å². The quantitative estimate of drug-likeness (QED) is 0.533. The standard InChI is InChI=1S/C11H17N/c1-2-8-12(9-3-1)10-4-5-11-6-7-11/h11H,1-3,6-10H2. The predicted octanol–water partition coefficient (Wildman–Crippen LogP) is 1.89. The van der Waals surface area contributed by atoms with E-state index in [2.05, 4.69) is 16.7 Å². The molecule has 0 atom stereocenters. The topological polar surface area (TPSA) is 3.24 Å². The first kappa shape index (κ1) is 8.13. The molecule has 1 aliphatic carbocycles. The largest absolute Gasteiger partial charge is 0.292 e. The first-order valence-electron chi connectivity index (χ1n) is 5.16. The molecule has 2 fully saturated rings. The molecule has 0 aromatic heterocycles. The summed E-state index contributed by atoms with van der Waals surface area (Å²) in [4.78, 5) is 2.48. The number of hydrogen-bond donors (Lipinski definition) is 0. The van der Waals surface area contributed by atoms with E-state index < -0.39 is 0 Å². The number of rotatable bonds is 1. The first-order valence-corrected chi connectivity index (χ1v) is 5.16. The van der Waals surface area contributed by atoms with Crippen molar-refractivity contribution in [2.75, 3.05) is 19.6 Å². The summed E-state index contributed by atoms with van der Waals surface area (Å²) in [5, 5.41) is 0. The van der Waals surface area contributed by atoms with E-state index >= 15 is 0 Å². The second-order valence-electron chi connectivity index (χ2n) is 3.93. The lowest BCUT2D eigenvalue weighted by Crippen LogP contribution is -2.29. The molecular formula is C11H17N. The van der Waals surface area contributed by atoms with Crippen LogP contribution in [0.4, 0.5) is 0 Å². The highest BCUT2D eigenvalue weighted by Crippen LogP contribution is 2.27. The maximum absolute atomic E-state index is 3.31. The van der Waals surface area contributed by atoms with Crippen LogP contribution in [-0.2, 0) is 0 Å². The minimum Gasteiger partial charge on any atom is -0.292 e. The van der Waals surface area contributed by atoms with Crippen LogP contribution in [0.15, 0.2) is 0 Å². The summed E-state index contributed by atoms with van der Waals surface area (Å²) in [7, 11) is 0. The minimum absolute atomic E-state index is 0.773. The third-order valence-electron chi connectivity index (χ3n) is 2.63. The fourth-order valence-corrected chi connectivity index (χ4v) is 1.65. The van der Waals surface area contributed by atoms with E-state index in [1.54, 1.807) is 0 Å². The Bertz CT molecular complexity index is 189. The lowest BCUT2D eigenvalue weighted by atomic mass is 10.1. The van der Waals surface area contributed by atoms with Gasteiger partial charge in [0.25, 0.3) is 0 Å². The van der Waals surface area contributed by atoms with Crippen LogP contribution in [0.25, 0.3) is 0 Å². The van der Waals surface area contributed by atoms with E-state index in [9.17, 15) is 0 Å². The van der Waals surface area contributed by atoms with Crippen LogP contribution >= 0.6 is 0 Å². The van der Waals surface area contributed by atoms with Gasteiger partial charge in [-0.2, -0.15) is 0 Å². The zero-order valence-electron chi connectivity index (χ0n) is 7.68. The maximum Gasteiger partial charge on any atom is 0.0601 e. The summed E-state index contributed by atoms with van der Waals surface area (Å²) in [6.07, 6.45) is 6.89. The molecule has 2 rings (SSSR count). The average Bonchev–Trinajstić information content (AvgIpc) is 2.90. The number of hydrogen-bond acceptors (Lipinski definition) is 1. The van der Waals surface area contributed by atoms with Gasteiger partial charge < -0.3 is 0 Å². The van der Waals surface area contributed by atoms with E-state index in [0.29, 0.717) is 0 Å². The third-order valence-corrected chi connectivity index (χ3v) is 2.63. The van der Waals surface area contributed by atoms with Crippen molar-refractivity contribution in [1.29, 1.82) is 0 Å². The fourth-order valence-electron chi connectivity index (χ4n) is 1.65. The summed E-state index contributed by atoms with van der Waals surface area (Å²) < 4.78 is 0. The van der Waals surface area contributed by atoms with Gasteiger partial charge in [-0.15, -0.1) is 0 Å². The molecule has 66 valence electrons. The van der Waals surface area contributed by atoms with Gasteiger partial charge in [-0.3, -0.25) is 4.90 Å². The molecule has 0 aromatic carbocycles. The molecule has 0 unspecified atom stereocenters. The van der Waals surface area contributed by atoms with Crippen LogP contribution in [0.1, 0.15) is 32.1 Å². The molecule has 1 aliphatic heterocycles. The summed E-state index contributed by atoms with van der Waals surface area (Å²) in [5.74, 6) is 7.38. The van der Waals surface area contributed by atoms with Crippen molar-refractivity contribution in [1.82, 2.24) is 4.90 Å². The lowest BCUT2D eigenvalue weighted by Gasteiger charge is -2.23. The molecule has 0 aromatic rings. The molecule has 1 heterocycles. The Morgan fingerprint density at radius 2 is 1.83 bits per heavy atom. The van der Waals surface area contributed by atoms with Gasteiger partial charge in [-0.05, 0) is 38.8 Å². The minimum atomic E-state index is 0.773.